The normalized spacial score (nSPS) is 18.8. The van der Waals surface area contributed by atoms with Crippen LogP contribution in [0.5, 0.6) is 0 Å². The van der Waals surface area contributed by atoms with Gasteiger partial charge in [0.25, 0.3) is 0 Å². The molecule has 0 aliphatic carbocycles. The maximum Gasteiger partial charge on any atom is 0.123 e. The molecule has 0 atom stereocenters. The van der Waals surface area contributed by atoms with Crippen LogP contribution in [-0.4, -0.2) is 47.5 Å². The highest BCUT2D eigenvalue weighted by molar-refractivity contribution is 5.31. The summed E-state index contributed by atoms with van der Waals surface area (Å²) in [5.41, 5.74) is 6.93. The zero-order valence-electron chi connectivity index (χ0n) is 9.89. The fourth-order valence-electron chi connectivity index (χ4n) is 2.11. The van der Waals surface area contributed by atoms with Gasteiger partial charge in [-0.05, 0) is 24.2 Å². The van der Waals surface area contributed by atoms with E-state index in [1.807, 2.05) is 12.1 Å². The zero-order chi connectivity index (χ0) is 11.4. The lowest BCUT2D eigenvalue weighted by Gasteiger charge is -2.34. The first-order valence-electron chi connectivity index (χ1n) is 5.93. The zero-order valence-corrected chi connectivity index (χ0v) is 9.89. The van der Waals surface area contributed by atoms with Crippen molar-refractivity contribution in [3.8, 4) is 0 Å². The van der Waals surface area contributed by atoms with Crippen molar-refractivity contribution in [2.45, 2.75) is 13.5 Å². The van der Waals surface area contributed by atoms with Crippen LogP contribution in [-0.2, 0) is 6.54 Å². The molecule has 4 heteroatoms. The molecule has 0 spiro atoms. The number of aromatic nitrogens is 1. The van der Waals surface area contributed by atoms with Crippen molar-refractivity contribution in [2.24, 2.45) is 0 Å². The molecule has 1 fully saturated rings. The molecule has 0 bridgehead atoms. The Bertz CT molecular complexity index is 332. The van der Waals surface area contributed by atoms with Crippen LogP contribution in [0.2, 0.25) is 0 Å². The minimum Gasteiger partial charge on any atom is -0.384 e. The van der Waals surface area contributed by atoms with E-state index in [2.05, 4.69) is 21.7 Å². The third-order valence-electron chi connectivity index (χ3n) is 3.16. The predicted octanol–water partition coefficient (Wildman–Crippen LogP) is 0.801. The number of rotatable bonds is 3. The molecule has 0 unspecified atom stereocenters. The fraction of sp³-hybridized carbons (Fsp3) is 0.583. The molecular formula is C12H20N4. The van der Waals surface area contributed by atoms with Crippen LogP contribution in [0, 0.1) is 0 Å². The van der Waals surface area contributed by atoms with Gasteiger partial charge in [-0.2, -0.15) is 0 Å². The van der Waals surface area contributed by atoms with Gasteiger partial charge in [0.1, 0.15) is 5.82 Å². The Kier molecular flexibility index (Phi) is 3.74. The second kappa shape index (κ2) is 5.27. The molecule has 0 radical (unpaired) electrons. The van der Waals surface area contributed by atoms with Crippen LogP contribution in [0.25, 0.3) is 0 Å². The number of likely N-dealkylation sites (N-methyl/N-ethyl adjacent to an activating group) is 1. The van der Waals surface area contributed by atoms with E-state index in [-0.39, 0.29) is 0 Å². The highest BCUT2D eigenvalue weighted by Gasteiger charge is 2.15. The van der Waals surface area contributed by atoms with Crippen LogP contribution in [0.4, 0.5) is 5.82 Å². The molecular weight excluding hydrogens is 200 g/mol. The Hall–Kier alpha value is -1.13. The van der Waals surface area contributed by atoms with Crippen LogP contribution in [0.15, 0.2) is 18.3 Å². The first-order chi connectivity index (χ1) is 7.78. The average molecular weight is 220 g/mol. The molecule has 88 valence electrons. The Labute approximate surface area is 97.1 Å². The van der Waals surface area contributed by atoms with Crippen molar-refractivity contribution in [3.05, 3.63) is 23.9 Å². The summed E-state index contributed by atoms with van der Waals surface area (Å²) in [6.45, 7) is 9.03. The van der Waals surface area contributed by atoms with Gasteiger partial charge in [0, 0.05) is 38.9 Å². The SMILES string of the molecule is CCN1CCN(Cc2ccnc(N)c2)CC1. The van der Waals surface area contributed by atoms with Crippen LogP contribution >= 0.6 is 0 Å². The first-order valence-corrected chi connectivity index (χ1v) is 5.93. The maximum atomic E-state index is 5.67. The summed E-state index contributed by atoms with van der Waals surface area (Å²) in [5.74, 6) is 0.615. The van der Waals surface area contributed by atoms with Crippen molar-refractivity contribution in [1.82, 2.24) is 14.8 Å². The summed E-state index contributed by atoms with van der Waals surface area (Å²) in [6, 6.07) is 4.01. The van der Waals surface area contributed by atoms with E-state index in [9.17, 15) is 0 Å². The number of nitrogen functional groups attached to an aromatic ring is 1. The molecule has 16 heavy (non-hydrogen) atoms. The summed E-state index contributed by atoms with van der Waals surface area (Å²) >= 11 is 0. The van der Waals surface area contributed by atoms with Crippen molar-refractivity contribution in [2.75, 3.05) is 38.5 Å². The largest absolute Gasteiger partial charge is 0.384 e. The lowest BCUT2D eigenvalue weighted by Crippen LogP contribution is -2.45. The molecule has 2 N–H and O–H groups in total. The molecule has 2 heterocycles. The molecule has 1 saturated heterocycles. The maximum absolute atomic E-state index is 5.67. The summed E-state index contributed by atoms with van der Waals surface area (Å²) in [7, 11) is 0. The first kappa shape index (κ1) is 11.4. The fourth-order valence-corrected chi connectivity index (χ4v) is 2.11. The minimum absolute atomic E-state index is 0.615. The lowest BCUT2D eigenvalue weighted by molar-refractivity contribution is 0.132. The van der Waals surface area contributed by atoms with Gasteiger partial charge in [0.05, 0.1) is 0 Å². The van der Waals surface area contributed by atoms with E-state index < -0.39 is 0 Å². The van der Waals surface area contributed by atoms with Gasteiger partial charge >= 0.3 is 0 Å². The van der Waals surface area contributed by atoms with E-state index in [0.717, 1.165) is 26.2 Å². The molecule has 2 rings (SSSR count). The smallest absolute Gasteiger partial charge is 0.123 e. The number of hydrogen-bond donors (Lipinski definition) is 1. The summed E-state index contributed by atoms with van der Waals surface area (Å²) in [6.07, 6.45) is 1.78. The van der Waals surface area contributed by atoms with Crippen LogP contribution < -0.4 is 5.73 Å². The van der Waals surface area contributed by atoms with Crippen LogP contribution in [0.1, 0.15) is 12.5 Å². The molecule has 1 aliphatic heterocycles. The number of hydrogen-bond acceptors (Lipinski definition) is 4. The molecule has 1 aromatic heterocycles. The summed E-state index contributed by atoms with van der Waals surface area (Å²) in [4.78, 5) is 8.97. The highest BCUT2D eigenvalue weighted by Crippen LogP contribution is 2.09. The van der Waals surface area contributed by atoms with Gasteiger partial charge in [-0.15, -0.1) is 0 Å². The van der Waals surface area contributed by atoms with E-state index in [1.165, 1.54) is 18.7 Å². The molecule has 1 aromatic rings. The number of pyridine rings is 1. The van der Waals surface area contributed by atoms with Gasteiger partial charge in [-0.3, -0.25) is 4.90 Å². The van der Waals surface area contributed by atoms with E-state index >= 15 is 0 Å². The quantitative estimate of drug-likeness (QED) is 0.818. The Balaban J connectivity index is 1.87. The van der Waals surface area contributed by atoms with E-state index in [1.54, 1.807) is 6.20 Å². The van der Waals surface area contributed by atoms with Crippen molar-refractivity contribution in [1.29, 1.82) is 0 Å². The molecule has 0 saturated carbocycles. The van der Waals surface area contributed by atoms with Gasteiger partial charge in [-0.25, -0.2) is 4.98 Å². The van der Waals surface area contributed by atoms with E-state index in [4.69, 9.17) is 5.73 Å². The third-order valence-corrected chi connectivity index (χ3v) is 3.16. The summed E-state index contributed by atoms with van der Waals surface area (Å²) in [5, 5.41) is 0. The minimum atomic E-state index is 0.615. The topological polar surface area (TPSA) is 45.4 Å². The number of anilines is 1. The monoisotopic (exact) mass is 220 g/mol. The second-order valence-electron chi connectivity index (χ2n) is 4.30. The molecule has 4 nitrogen and oxygen atoms in total. The molecule has 1 aliphatic rings. The lowest BCUT2D eigenvalue weighted by atomic mass is 10.2. The number of nitrogens with zero attached hydrogens (tertiary/aromatic N) is 3. The van der Waals surface area contributed by atoms with Crippen molar-refractivity contribution >= 4 is 5.82 Å². The Morgan fingerprint density at radius 3 is 2.56 bits per heavy atom. The van der Waals surface area contributed by atoms with Crippen molar-refractivity contribution < 1.29 is 0 Å². The Morgan fingerprint density at radius 2 is 1.94 bits per heavy atom. The molecule has 0 amide bonds. The predicted molar refractivity (Wildman–Crippen MR) is 66.0 cm³/mol. The van der Waals surface area contributed by atoms with Crippen LogP contribution in [0.3, 0.4) is 0 Å². The molecule has 0 aromatic carbocycles. The van der Waals surface area contributed by atoms with E-state index in [0.29, 0.717) is 5.82 Å². The number of nitrogens with two attached hydrogens (primary N) is 1. The highest BCUT2D eigenvalue weighted by atomic mass is 15.3. The second-order valence-corrected chi connectivity index (χ2v) is 4.30. The third kappa shape index (κ3) is 2.93. The van der Waals surface area contributed by atoms with Crippen molar-refractivity contribution in [3.63, 3.8) is 0 Å². The van der Waals surface area contributed by atoms with Gasteiger partial charge in [-0.1, -0.05) is 6.92 Å². The van der Waals surface area contributed by atoms with Gasteiger partial charge < -0.3 is 10.6 Å². The van der Waals surface area contributed by atoms with Gasteiger partial charge in [0.15, 0.2) is 0 Å². The summed E-state index contributed by atoms with van der Waals surface area (Å²) < 4.78 is 0. The number of piperazine rings is 1. The standard InChI is InChI=1S/C12H20N4/c1-2-15-5-7-16(8-6-15)10-11-3-4-14-12(13)9-11/h3-4,9H,2,5-8,10H2,1H3,(H2,13,14). The Morgan fingerprint density at radius 1 is 1.25 bits per heavy atom. The van der Waals surface area contributed by atoms with Gasteiger partial charge in [0.2, 0.25) is 0 Å². The average Bonchev–Trinajstić information content (AvgIpc) is 2.30.